The van der Waals surface area contributed by atoms with E-state index < -0.39 is 10.0 Å². The number of benzene rings is 2. The summed E-state index contributed by atoms with van der Waals surface area (Å²) in [6.45, 7) is 7.65. The van der Waals surface area contributed by atoms with E-state index in [1.54, 1.807) is 31.1 Å². The Labute approximate surface area is 189 Å². The SMILES string of the molecule is Cc1cc(C)c(C)c(S(=O)(=O)NCC(=O)N2CCc3cc(-c4ccncc4)ccc32)c1C. The first-order valence-electron chi connectivity index (χ1n) is 10.6. The van der Waals surface area contributed by atoms with E-state index in [0.29, 0.717) is 17.7 Å². The Balaban J connectivity index is 1.52. The number of carbonyl (C=O) groups is 1. The minimum atomic E-state index is -3.81. The van der Waals surface area contributed by atoms with Gasteiger partial charge in [-0.2, -0.15) is 0 Å². The molecule has 7 heteroatoms. The average molecular weight is 450 g/mol. The van der Waals surface area contributed by atoms with Crippen LogP contribution < -0.4 is 9.62 Å². The highest BCUT2D eigenvalue weighted by molar-refractivity contribution is 7.89. The molecule has 0 unspecified atom stereocenters. The lowest BCUT2D eigenvalue weighted by molar-refractivity contribution is -0.117. The molecule has 0 fully saturated rings. The second-order valence-electron chi connectivity index (χ2n) is 8.29. The molecule has 2 heterocycles. The van der Waals surface area contributed by atoms with Gasteiger partial charge in [-0.05, 0) is 97.3 Å². The smallest absolute Gasteiger partial charge is 0.242 e. The largest absolute Gasteiger partial charge is 0.311 e. The number of hydrogen-bond donors (Lipinski definition) is 1. The molecule has 0 bridgehead atoms. The standard InChI is InChI=1S/C25H27N3O3S/c1-16-13-17(2)19(4)25(18(16)3)32(30,31)27-15-24(29)28-12-9-22-14-21(5-6-23(22)28)20-7-10-26-11-8-20/h5-8,10-11,13-14,27H,9,12,15H2,1-4H3. The van der Waals surface area contributed by atoms with Crippen LogP contribution in [0.2, 0.25) is 0 Å². The van der Waals surface area contributed by atoms with Crippen LogP contribution in [0.5, 0.6) is 0 Å². The maximum atomic E-state index is 13.1. The highest BCUT2D eigenvalue weighted by Crippen LogP contribution is 2.32. The number of sulfonamides is 1. The second kappa shape index (κ2) is 8.48. The number of aromatic nitrogens is 1. The fourth-order valence-electron chi connectivity index (χ4n) is 4.29. The lowest BCUT2D eigenvalue weighted by Gasteiger charge is -2.19. The molecule has 0 saturated carbocycles. The van der Waals surface area contributed by atoms with Crippen LogP contribution >= 0.6 is 0 Å². The van der Waals surface area contributed by atoms with E-state index in [4.69, 9.17) is 0 Å². The third kappa shape index (κ3) is 4.06. The number of nitrogens with one attached hydrogen (secondary N) is 1. The summed E-state index contributed by atoms with van der Waals surface area (Å²) in [5.41, 5.74) is 7.31. The van der Waals surface area contributed by atoms with E-state index in [9.17, 15) is 13.2 Å². The van der Waals surface area contributed by atoms with Crippen LogP contribution in [0.4, 0.5) is 5.69 Å². The monoisotopic (exact) mass is 449 g/mol. The minimum absolute atomic E-state index is 0.260. The number of anilines is 1. The molecule has 166 valence electrons. The number of fused-ring (bicyclic) bond motifs is 1. The highest BCUT2D eigenvalue weighted by Gasteiger charge is 2.28. The van der Waals surface area contributed by atoms with Crippen molar-refractivity contribution in [2.75, 3.05) is 18.0 Å². The van der Waals surface area contributed by atoms with Crippen LogP contribution in [0.15, 0.2) is 53.7 Å². The summed E-state index contributed by atoms with van der Waals surface area (Å²) in [5, 5.41) is 0. The van der Waals surface area contributed by atoms with Gasteiger partial charge < -0.3 is 4.90 Å². The Hall–Kier alpha value is -3.03. The molecular formula is C25H27N3O3S. The summed E-state index contributed by atoms with van der Waals surface area (Å²) < 4.78 is 28.6. The summed E-state index contributed by atoms with van der Waals surface area (Å²) in [7, 11) is -3.81. The van der Waals surface area contributed by atoms with E-state index in [-0.39, 0.29) is 17.3 Å². The van der Waals surface area contributed by atoms with Gasteiger partial charge >= 0.3 is 0 Å². The summed E-state index contributed by atoms with van der Waals surface area (Å²) >= 11 is 0. The lowest BCUT2D eigenvalue weighted by atomic mass is 10.0. The minimum Gasteiger partial charge on any atom is -0.311 e. The molecule has 1 amide bonds. The van der Waals surface area contributed by atoms with Crippen molar-refractivity contribution < 1.29 is 13.2 Å². The maximum absolute atomic E-state index is 13.1. The van der Waals surface area contributed by atoms with Gasteiger partial charge in [-0.1, -0.05) is 12.1 Å². The van der Waals surface area contributed by atoms with Gasteiger partial charge in [0.1, 0.15) is 0 Å². The van der Waals surface area contributed by atoms with Crippen molar-refractivity contribution >= 4 is 21.6 Å². The zero-order valence-corrected chi connectivity index (χ0v) is 19.6. The molecule has 32 heavy (non-hydrogen) atoms. The topological polar surface area (TPSA) is 79.4 Å². The predicted molar refractivity (Wildman–Crippen MR) is 126 cm³/mol. The number of rotatable bonds is 5. The van der Waals surface area contributed by atoms with Crippen molar-refractivity contribution in [2.24, 2.45) is 0 Å². The van der Waals surface area contributed by atoms with E-state index in [1.807, 2.05) is 44.2 Å². The van der Waals surface area contributed by atoms with Gasteiger partial charge in [0, 0.05) is 24.6 Å². The number of hydrogen-bond acceptors (Lipinski definition) is 4. The zero-order chi connectivity index (χ0) is 23.0. The van der Waals surface area contributed by atoms with E-state index >= 15 is 0 Å². The molecule has 0 aliphatic carbocycles. The second-order valence-corrected chi connectivity index (χ2v) is 9.99. The highest BCUT2D eigenvalue weighted by atomic mass is 32.2. The normalized spacial score (nSPS) is 13.3. The van der Waals surface area contributed by atoms with Gasteiger partial charge in [-0.15, -0.1) is 0 Å². The average Bonchev–Trinajstić information content (AvgIpc) is 3.20. The van der Waals surface area contributed by atoms with Gasteiger partial charge in [-0.25, -0.2) is 13.1 Å². The summed E-state index contributed by atoms with van der Waals surface area (Å²) in [4.78, 5) is 18.9. The molecule has 1 aliphatic heterocycles. The predicted octanol–water partition coefficient (Wildman–Crippen LogP) is 3.85. The molecule has 0 spiro atoms. The quantitative estimate of drug-likeness (QED) is 0.642. The third-order valence-electron chi connectivity index (χ3n) is 6.27. The number of carbonyl (C=O) groups excluding carboxylic acids is 1. The molecule has 0 saturated heterocycles. The number of nitrogens with zero attached hydrogens (tertiary/aromatic N) is 2. The molecule has 1 aromatic heterocycles. The van der Waals surface area contributed by atoms with Crippen LogP contribution in [0.3, 0.4) is 0 Å². The van der Waals surface area contributed by atoms with Crippen LogP contribution in [-0.4, -0.2) is 32.4 Å². The first-order chi connectivity index (χ1) is 15.2. The summed E-state index contributed by atoms with van der Waals surface area (Å²) in [5.74, 6) is -0.260. The van der Waals surface area contributed by atoms with Crippen molar-refractivity contribution in [2.45, 2.75) is 39.0 Å². The van der Waals surface area contributed by atoms with Gasteiger partial charge in [-0.3, -0.25) is 9.78 Å². The molecule has 0 atom stereocenters. The molecule has 0 radical (unpaired) electrons. The van der Waals surface area contributed by atoms with E-state index in [1.165, 1.54) is 0 Å². The van der Waals surface area contributed by atoms with Crippen LogP contribution in [-0.2, 0) is 21.2 Å². The molecular weight excluding hydrogens is 422 g/mol. The molecule has 6 nitrogen and oxygen atoms in total. The number of aryl methyl sites for hydroxylation is 2. The molecule has 4 rings (SSSR count). The maximum Gasteiger partial charge on any atom is 0.242 e. The van der Waals surface area contributed by atoms with E-state index in [2.05, 4.69) is 15.8 Å². The Morgan fingerprint density at radius 1 is 0.969 bits per heavy atom. The van der Waals surface area contributed by atoms with Crippen LogP contribution in [0, 0.1) is 27.7 Å². The summed E-state index contributed by atoms with van der Waals surface area (Å²) in [6, 6.07) is 11.9. The number of pyridine rings is 1. The summed E-state index contributed by atoms with van der Waals surface area (Å²) in [6.07, 6.45) is 4.25. The molecule has 1 N–H and O–H groups in total. The number of amides is 1. The fourth-order valence-corrected chi connectivity index (χ4v) is 5.88. The van der Waals surface area contributed by atoms with Crippen molar-refractivity contribution in [1.82, 2.24) is 9.71 Å². The third-order valence-corrected chi connectivity index (χ3v) is 7.94. The fraction of sp³-hybridized carbons (Fsp3) is 0.280. The molecule has 3 aromatic rings. The Morgan fingerprint density at radius 3 is 2.28 bits per heavy atom. The molecule has 1 aliphatic rings. The van der Waals surface area contributed by atoms with Crippen LogP contribution in [0.25, 0.3) is 11.1 Å². The van der Waals surface area contributed by atoms with Crippen molar-refractivity contribution in [1.29, 1.82) is 0 Å². The Kier molecular flexibility index (Phi) is 5.88. The Morgan fingerprint density at radius 2 is 1.62 bits per heavy atom. The first-order valence-corrected chi connectivity index (χ1v) is 12.1. The van der Waals surface area contributed by atoms with Gasteiger partial charge in [0.15, 0.2) is 0 Å². The van der Waals surface area contributed by atoms with Gasteiger partial charge in [0.05, 0.1) is 11.4 Å². The van der Waals surface area contributed by atoms with Gasteiger partial charge in [0.25, 0.3) is 0 Å². The van der Waals surface area contributed by atoms with Crippen molar-refractivity contribution in [3.8, 4) is 11.1 Å². The van der Waals surface area contributed by atoms with Crippen molar-refractivity contribution in [3.63, 3.8) is 0 Å². The lowest BCUT2D eigenvalue weighted by Crippen LogP contribution is -2.39. The molecule has 2 aromatic carbocycles. The van der Waals surface area contributed by atoms with E-state index in [0.717, 1.165) is 39.9 Å². The van der Waals surface area contributed by atoms with Crippen molar-refractivity contribution in [3.05, 3.63) is 76.6 Å². The zero-order valence-electron chi connectivity index (χ0n) is 18.8. The first kappa shape index (κ1) is 22.2. The van der Waals surface area contributed by atoms with Gasteiger partial charge in [0.2, 0.25) is 15.9 Å². The Bertz CT molecular complexity index is 1280. The van der Waals surface area contributed by atoms with Crippen LogP contribution in [0.1, 0.15) is 27.8 Å².